The van der Waals surface area contributed by atoms with Gasteiger partial charge in [-0.1, -0.05) is 13.0 Å². The highest BCUT2D eigenvalue weighted by Crippen LogP contribution is 2.10. The predicted octanol–water partition coefficient (Wildman–Crippen LogP) is 2.07. The molecule has 19 heavy (non-hydrogen) atoms. The van der Waals surface area contributed by atoms with Crippen molar-refractivity contribution in [2.24, 2.45) is 0 Å². The van der Waals surface area contributed by atoms with Gasteiger partial charge in [0, 0.05) is 24.8 Å². The third-order valence-corrected chi connectivity index (χ3v) is 3.69. The number of imidazole rings is 1. The largest absolute Gasteiger partial charge is 0.310 e. The lowest BCUT2D eigenvalue weighted by Gasteiger charge is -2.23. The number of aryl methyl sites for hydroxylation is 1. The zero-order valence-electron chi connectivity index (χ0n) is 12.3. The van der Waals surface area contributed by atoms with Gasteiger partial charge in [-0.25, -0.2) is 4.98 Å². The zero-order chi connectivity index (χ0) is 13.8. The van der Waals surface area contributed by atoms with Crippen LogP contribution in [0.25, 0.3) is 5.65 Å². The fourth-order valence-corrected chi connectivity index (χ4v) is 2.46. The van der Waals surface area contributed by atoms with Gasteiger partial charge < -0.3 is 14.6 Å². The monoisotopic (exact) mass is 260 g/mol. The fraction of sp³-hybridized carbons (Fsp3) is 0.533. The van der Waals surface area contributed by atoms with E-state index in [0.29, 0.717) is 6.04 Å². The van der Waals surface area contributed by atoms with Crippen LogP contribution in [0.5, 0.6) is 0 Å². The van der Waals surface area contributed by atoms with Gasteiger partial charge in [-0.3, -0.25) is 0 Å². The molecule has 2 aromatic heterocycles. The molecule has 0 amide bonds. The predicted molar refractivity (Wildman–Crippen MR) is 79.4 cm³/mol. The molecule has 0 bridgehead atoms. The Hall–Kier alpha value is -1.39. The van der Waals surface area contributed by atoms with Crippen LogP contribution < -0.4 is 5.32 Å². The second-order valence-corrected chi connectivity index (χ2v) is 5.27. The van der Waals surface area contributed by atoms with Gasteiger partial charge in [-0.05, 0) is 39.6 Å². The Bertz CT molecular complexity index is 530. The first-order valence-corrected chi connectivity index (χ1v) is 6.92. The van der Waals surface area contributed by atoms with Crippen LogP contribution in [-0.4, -0.2) is 41.0 Å². The van der Waals surface area contributed by atoms with E-state index in [4.69, 9.17) is 0 Å². The summed E-state index contributed by atoms with van der Waals surface area (Å²) in [7, 11) is 4.27. The Balaban J connectivity index is 2.02. The minimum atomic E-state index is 0.584. The second kappa shape index (κ2) is 6.17. The maximum atomic E-state index is 4.45. The lowest BCUT2D eigenvalue weighted by Crippen LogP contribution is -2.37. The van der Waals surface area contributed by atoms with Crippen LogP contribution in [0, 0.1) is 6.92 Å². The fourth-order valence-electron chi connectivity index (χ4n) is 2.46. The maximum Gasteiger partial charge on any atom is 0.137 e. The van der Waals surface area contributed by atoms with Gasteiger partial charge in [0.2, 0.25) is 0 Å². The van der Waals surface area contributed by atoms with Crippen LogP contribution in [0.1, 0.15) is 24.7 Å². The third-order valence-electron chi connectivity index (χ3n) is 3.69. The Morgan fingerprint density at radius 1 is 1.37 bits per heavy atom. The van der Waals surface area contributed by atoms with Crippen LogP contribution in [0.4, 0.5) is 0 Å². The summed E-state index contributed by atoms with van der Waals surface area (Å²) in [6, 6.07) is 6.80. The number of pyridine rings is 1. The molecule has 1 atom stereocenters. The minimum Gasteiger partial charge on any atom is -0.310 e. The summed E-state index contributed by atoms with van der Waals surface area (Å²) in [5, 5.41) is 3.54. The van der Waals surface area contributed by atoms with Crippen LogP contribution in [-0.2, 0) is 6.54 Å². The lowest BCUT2D eigenvalue weighted by atomic mass is 10.2. The number of nitrogens with one attached hydrogen (secondary N) is 1. The first kappa shape index (κ1) is 14.0. The van der Waals surface area contributed by atoms with Crippen LogP contribution in [0.3, 0.4) is 0 Å². The molecule has 104 valence electrons. The summed E-state index contributed by atoms with van der Waals surface area (Å²) in [5.74, 6) is 0. The van der Waals surface area contributed by atoms with E-state index in [1.807, 2.05) is 18.3 Å². The Labute approximate surface area is 115 Å². The smallest absolute Gasteiger partial charge is 0.137 e. The van der Waals surface area contributed by atoms with Crippen molar-refractivity contribution in [3.8, 4) is 0 Å². The third kappa shape index (κ3) is 3.14. The molecule has 0 spiro atoms. The minimum absolute atomic E-state index is 0.584. The summed E-state index contributed by atoms with van der Waals surface area (Å²) in [4.78, 5) is 6.72. The van der Waals surface area contributed by atoms with E-state index in [9.17, 15) is 0 Å². The number of likely N-dealkylation sites (N-methyl/N-ethyl adjacent to an activating group) is 1. The SMILES string of the molecule is CC[C@H](CNCc1cnc2cccc(C)n12)N(C)C. The molecule has 0 aromatic carbocycles. The van der Waals surface area contributed by atoms with E-state index >= 15 is 0 Å². The van der Waals surface area contributed by atoms with Gasteiger partial charge in [0.15, 0.2) is 0 Å². The molecule has 0 saturated heterocycles. The van der Waals surface area contributed by atoms with Gasteiger partial charge in [0.05, 0.1) is 11.9 Å². The Morgan fingerprint density at radius 3 is 2.84 bits per heavy atom. The van der Waals surface area contributed by atoms with Crippen LogP contribution in [0.15, 0.2) is 24.4 Å². The van der Waals surface area contributed by atoms with E-state index in [1.165, 1.54) is 11.4 Å². The molecule has 0 radical (unpaired) electrons. The molecule has 2 aromatic rings. The number of hydrogen-bond acceptors (Lipinski definition) is 3. The Morgan fingerprint density at radius 2 is 2.16 bits per heavy atom. The van der Waals surface area contributed by atoms with Gasteiger partial charge in [0.1, 0.15) is 5.65 Å². The molecule has 0 aliphatic heterocycles. The van der Waals surface area contributed by atoms with E-state index in [0.717, 1.165) is 25.2 Å². The first-order chi connectivity index (χ1) is 9.13. The van der Waals surface area contributed by atoms with Gasteiger partial charge in [-0.2, -0.15) is 0 Å². The standard InChI is InChI=1S/C15H24N4/c1-5-13(18(3)4)9-16-10-14-11-17-15-8-6-7-12(2)19(14)15/h6-8,11,13,16H,5,9-10H2,1-4H3/t13-/m1/s1. The summed E-state index contributed by atoms with van der Waals surface area (Å²) in [5.41, 5.74) is 3.48. The second-order valence-electron chi connectivity index (χ2n) is 5.27. The molecule has 0 fully saturated rings. The van der Waals surface area contributed by atoms with Crippen molar-refractivity contribution in [2.45, 2.75) is 32.9 Å². The maximum absolute atomic E-state index is 4.45. The number of hydrogen-bond donors (Lipinski definition) is 1. The average molecular weight is 260 g/mol. The molecule has 0 aliphatic rings. The first-order valence-electron chi connectivity index (χ1n) is 6.92. The molecule has 0 aliphatic carbocycles. The normalized spacial score (nSPS) is 13.3. The molecular formula is C15H24N4. The number of rotatable bonds is 6. The molecule has 2 heterocycles. The highest BCUT2D eigenvalue weighted by Gasteiger charge is 2.09. The molecule has 4 nitrogen and oxygen atoms in total. The van der Waals surface area contributed by atoms with Crippen molar-refractivity contribution in [1.29, 1.82) is 0 Å². The molecule has 1 N–H and O–H groups in total. The van der Waals surface area contributed by atoms with Gasteiger partial charge in [0.25, 0.3) is 0 Å². The molecule has 0 unspecified atom stereocenters. The van der Waals surface area contributed by atoms with E-state index in [-0.39, 0.29) is 0 Å². The van der Waals surface area contributed by atoms with Crippen LogP contribution in [0.2, 0.25) is 0 Å². The summed E-state index contributed by atoms with van der Waals surface area (Å²) in [6.07, 6.45) is 3.12. The number of nitrogens with zero attached hydrogens (tertiary/aromatic N) is 3. The highest BCUT2D eigenvalue weighted by atomic mass is 15.1. The average Bonchev–Trinajstić information content (AvgIpc) is 2.79. The molecule has 0 saturated carbocycles. The van der Waals surface area contributed by atoms with E-state index < -0.39 is 0 Å². The summed E-state index contributed by atoms with van der Waals surface area (Å²) in [6.45, 7) is 6.20. The Kier molecular flexibility index (Phi) is 4.56. The van der Waals surface area contributed by atoms with Crippen molar-refractivity contribution in [3.05, 3.63) is 35.8 Å². The summed E-state index contributed by atoms with van der Waals surface area (Å²) >= 11 is 0. The topological polar surface area (TPSA) is 32.6 Å². The van der Waals surface area contributed by atoms with Crippen molar-refractivity contribution in [1.82, 2.24) is 19.6 Å². The van der Waals surface area contributed by atoms with E-state index in [2.05, 4.69) is 53.6 Å². The van der Waals surface area contributed by atoms with Crippen molar-refractivity contribution in [3.63, 3.8) is 0 Å². The quantitative estimate of drug-likeness (QED) is 0.863. The highest BCUT2D eigenvalue weighted by molar-refractivity contribution is 5.42. The van der Waals surface area contributed by atoms with Crippen LogP contribution >= 0.6 is 0 Å². The van der Waals surface area contributed by atoms with Gasteiger partial charge >= 0.3 is 0 Å². The zero-order valence-corrected chi connectivity index (χ0v) is 12.3. The molecule has 4 heteroatoms. The number of aromatic nitrogens is 2. The molecular weight excluding hydrogens is 236 g/mol. The van der Waals surface area contributed by atoms with Gasteiger partial charge in [-0.15, -0.1) is 0 Å². The summed E-state index contributed by atoms with van der Waals surface area (Å²) < 4.78 is 2.21. The van der Waals surface area contributed by atoms with Crippen molar-refractivity contribution < 1.29 is 0 Å². The molecule has 2 rings (SSSR count). The lowest BCUT2D eigenvalue weighted by molar-refractivity contribution is 0.275. The van der Waals surface area contributed by atoms with Crippen molar-refractivity contribution in [2.75, 3.05) is 20.6 Å². The number of fused-ring (bicyclic) bond motifs is 1. The van der Waals surface area contributed by atoms with E-state index in [1.54, 1.807) is 0 Å². The van der Waals surface area contributed by atoms with Crippen molar-refractivity contribution >= 4 is 5.65 Å².